The van der Waals surface area contributed by atoms with Crippen molar-refractivity contribution in [2.75, 3.05) is 0 Å². The van der Waals surface area contributed by atoms with E-state index in [4.69, 9.17) is 5.14 Å². The Bertz CT molecular complexity index is 462. The number of hydrogen-bond acceptors (Lipinski definition) is 2. The molecule has 1 aromatic rings. The van der Waals surface area contributed by atoms with E-state index in [1.165, 1.54) is 6.92 Å². The molecule has 3 N–H and O–H groups in total. The fourth-order valence-electron chi connectivity index (χ4n) is 1.16. The van der Waals surface area contributed by atoms with Gasteiger partial charge < -0.3 is 0 Å². The molecule has 0 heterocycles. The highest BCUT2D eigenvalue weighted by Crippen LogP contribution is 2.18. The van der Waals surface area contributed by atoms with Crippen LogP contribution in [0.2, 0.25) is 0 Å². The van der Waals surface area contributed by atoms with E-state index in [1.807, 2.05) is 4.72 Å². The summed E-state index contributed by atoms with van der Waals surface area (Å²) in [5.41, 5.74) is -0.0935. The number of halogens is 2. The van der Waals surface area contributed by atoms with Crippen LogP contribution in [-0.4, -0.2) is 8.42 Å². The molecule has 0 bridgehead atoms. The SMILES string of the molecule is CC(NS(N)(=O)=O)c1cc(F)ccc1F. The van der Waals surface area contributed by atoms with Crippen molar-refractivity contribution in [3.8, 4) is 0 Å². The minimum absolute atomic E-state index is 0.0935. The molecule has 0 saturated carbocycles. The molecule has 0 aromatic heterocycles. The van der Waals surface area contributed by atoms with Crippen LogP contribution in [0.3, 0.4) is 0 Å². The molecule has 0 spiro atoms. The van der Waals surface area contributed by atoms with E-state index in [1.54, 1.807) is 0 Å². The fraction of sp³-hybridized carbons (Fsp3) is 0.250. The Morgan fingerprint density at radius 1 is 1.40 bits per heavy atom. The molecular weight excluding hydrogens is 226 g/mol. The van der Waals surface area contributed by atoms with Gasteiger partial charge in [0.1, 0.15) is 11.6 Å². The highest BCUT2D eigenvalue weighted by Gasteiger charge is 2.15. The zero-order valence-corrected chi connectivity index (χ0v) is 8.68. The first-order valence-corrected chi connectivity index (χ1v) is 5.59. The topological polar surface area (TPSA) is 72.2 Å². The fourth-order valence-corrected chi connectivity index (χ4v) is 1.78. The molecular formula is C8H10F2N2O2S. The van der Waals surface area contributed by atoms with Crippen LogP contribution in [0.1, 0.15) is 18.5 Å². The standard InChI is InChI=1S/C8H10F2N2O2S/c1-5(12-15(11,13)14)7-4-6(9)2-3-8(7)10/h2-5,12H,1H3,(H2,11,13,14). The van der Waals surface area contributed by atoms with Gasteiger partial charge in [-0.15, -0.1) is 0 Å². The van der Waals surface area contributed by atoms with Crippen molar-refractivity contribution in [2.45, 2.75) is 13.0 Å². The van der Waals surface area contributed by atoms with Gasteiger partial charge >= 0.3 is 0 Å². The molecule has 0 fully saturated rings. The van der Waals surface area contributed by atoms with Crippen molar-refractivity contribution in [1.29, 1.82) is 0 Å². The third-order valence-corrected chi connectivity index (χ3v) is 2.45. The summed E-state index contributed by atoms with van der Waals surface area (Å²) in [6.45, 7) is 1.36. The van der Waals surface area contributed by atoms with Crippen LogP contribution in [0.25, 0.3) is 0 Å². The predicted octanol–water partition coefficient (Wildman–Crippen LogP) is 0.819. The Labute approximate surface area is 86.3 Å². The number of hydrogen-bond donors (Lipinski definition) is 2. The number of nitrogens with two attached hydrogens (primary N) is 1. The molecule has 0 aliphatic rings. The summed E-state index contributed by atoms with van der Waals surface area (Å²) in [6.07, 6.45) is 0. The van der Waals surface area contributed by atoms with E-state index in [9.17, 15) is 17.2 Å². The average Bonchev–Trinajstić information content (AvgIpc) is 2.06. The van der Waals surface area contributed by atoms with Crippen molar-refractivity contribution >= 4 is 10.2 Å². The van der Waals surface area contributed by atoms with Gasteiger partial charge in [-0.1, -0.05) is 0 Å². The van der Waals surface area contributed by atoms with Crippen LogP contribution in [0.4, 0.5) is 8.78 Å². The summed E-state index contributed by atoms with van der Waals surface area (Å²) >= 11 is 0. The molecule has 0 saturated heterocycles. The first kappa shape index (κ1) is 12.0. The van der Waals surface area contributed by atoms with Crippen LogP contribution in [0.15, 0.2) is 18.2 Å². The van der Waals surface area contributed by atoms with Crippen molar-refractivity contribution in [2.24, 2.45) is 5.14 Å². The second kappa shape index (κ2) is 4.21. The highest BCUT2D eigenvalue weighted by molar-refractivity contribution is 7.87. The maximum absolute atomic E-state index is 13.2. The van der Waals surface area contributed by atoms with Crippen molar-refractivity contribution < 1.29 is 17.2 Å². The van der Waals surface area contributed by atoms with Gasteiger partial charge in [0.25, 0.3) is 10.2 Å². The van der Waals surface area contributed by atoms with Gasteiger partial charge in [0.05, 0.1) is 0 Å². The van der Waals surface area contributed by atoms with Crippen LogP contribution in [-0.2, 0) is 10.2 Å². The number of benzene rings is 1. The Kier molecular flexibility index (Phi) is 3.38. The average molecular weight is 236 g/mol. The number of nitrogens with one attached hydrogen (secondary N) is 1. The number of rotatable bonds is 3. The van der Waals surface area contributed by atoms with E-state index in [0.29, 0.717) is 0 Å². The predicted molar refractivity (Wildman–Crippen MR) is 51.0 cm³/mol. The van der Waals surface area contributed by atoms with Crippen molar-refractivity contribution in [3.63, 3.8) is 0 Å². The molecule has 84 valence electrons. The van der Waals surface area contributed by atoms with Gasteiger partial charge in [-0.3, -0.25) is 0 Å². The van der Waals surface area contributed by atoms with E-state index < -0.39 is 27.9 Å². The molecule has 0 aliphatic heterocycles. The molecule has 1 unspecified atom stereocenters. The summed E-state index contributed by atoms with van der Waals surface area (Å²) in [4.78, 5) is 0. The summed E-state index contributed by atoms with van der Waals surface area (Å²) in [7, 11) is -3.94. The van der Waals surface area contributed by atoms with E-state index in [2.05, 4.69) is 0 Å². The zero-order chi connectivity index (χ0) is 11.6. The van der Waals surface area contributed by atoms with Crippen LogP contribution in [0, 0.1) is 11.6 Å². The van der Waals surface area contributed by atoms with Crippen molar-refractivity contribution in [3.05, 3.63) is 35.4 Å². The third kappa shape index (κ3) is 3.54. The Hall–Kier alpha value is -1.05. The summed E-state index contributed by atoms with van der Waals surface area (Å²) in [5.74, 6) is -1.34. The molecule has 1 aromatic carbocycles. The Balaban J connectivity index is 3.00. The van der Waals surface area contributed by atoms with Gasteiger partial charge in [0.2, 0.25) is 0 Å². The molecule has 0 amide bonds. The monoisotopic (exact) mass is 236 g/mol. The second-order valence-electron chi connectivity index (χ2n) is 3.05. The van der Waals surface area contributed by atoms with Crippen LogP contribution < -0.4 is 9.86 Å². The van der Waals surface area contributed by atoms with Crippen molar-refractivity contribution in [1.82, 2.24) is 4.72 Å². The van der Waals surface area contributed by atoms with E-state index in [-0.39, 0.29) is 5.56 Å². The minimum Gasteiger partial charge on any atom is -0.216 e. The van der Waals surface area contributed by atoms with Gasteiger partial charge in [-0.25, -0.2) is 13.9 Å². The molecule has 1 rings (SSSR count). The highest BCUT2D eigenvalue weighted by atomic mass is 32.2. The first-order valence-electron chi connectivity index (χ1n) is 4.04. The molecule has 0 radical (unpaired) electrons. The zero-order valence-electron chi connectivity index (χ0n) is 7.87. The quantitative estimate of drug-likeness (QED) is 0.815. The molecule has 15 heavy (non-hydrogen) atoms. The van der Waals surface area contributed by atoms with Gasteiger partial charge in [-0.2, -0.15) is 13.1 Å². The second-order valence-corrected chi connectivity index (χ2v) is 4.38. The van der Waals surface area contributed by atoms with E-state index >= 15 is 0 Å². The lowest BCUT2D eigenvalue weighted by Gasteiger charge is -2.12. The molecule has 4 nitrogen and oxygen atoms in total. The first-order chi connectivity index (χ1) is 6.79. The van der Waals surface area contributed by atoms with Crippen LogP contribution >= 0.6 is 0 Å². The minimum atomic E-state index is -3.94. The van der Waals surface area contributed by atoms with E-state index in [0.717, 1.165) is 18.2 Å². The lowest BCUT2D eigenvalue weighted by molar-refractivity contribution is 0.542. The van der Waals surface area contributed by atoms with Gasteiger partial charge in [0.15, 0.2) is 0 Å². The van der Waals surface area contributed by atoms with Crippen LogP contribution in [0.5, 0.6) is 0 Å². The van der Waals surface area contributed by atoms with Gasteiger partial charge in [0, 0.05) is 11.6 Å². The smallest absolute Gasteiger partial charge is 0.216 e. The molecule has 0 aliphatic carbocycles. The lowest BCUT2D eigenvalue weighted by Crippen LogP contribution is -2.33. The third-order valence-electron chi connectivity index (χ3n) is 1.77. The Morgan fingerprint density at radius 2 is 2.00 bits per heavy atom. The maximum Gasteiger partial charge on any atom is 0.274 e. The normalized spacial score (nSPS) is 13.9. The summed E-state index contributed by atoms with van der Waals surface area (Å²) in [5, 5.41) is 4.71. The maximum atomic E-state index is 13.2. The lowest BCUT2D eigenvalue weighted by atomic mass is 10.1. The summed E-state index contributed by atoms with van der Waals surface area (Å²) in [6, 6.07) is 1.86. The summed E-state index contributed by atoms with van der Waals surface area (Å²) < 4.78 is 49.2. The molecule has 1 atom stereocenters. The Morgan fingerprint density at radius 3 is 2.53 bits per heavy atom. The largest absolute Gasteiger partial charge is 0.274 e. The molecule has 7 heteroatoms. The van der Waals surface area contributed by atoms with Gasteiger partial charge in [-0.05, 0) is 25.1 Å².